The van der Waals surface area contributed by atoms with Gasteiger partial charge >= 0.3 is 0 Å². The molecule has 0 fully saturated rings. The topological polar surface area (TPSA) is 17.1 Å². The number of halogens is 1. The average Bonchev–Trinajstić information content (AvgIpc) is 1.97. The normalized spacial score (nSPS) is 16.3. The van der Waals surface area contributed by atoms with Crippen molar-refractivity contribution in [2.45, 2.75) is 39.5 Å². The number of rotatable bonds is 6. The summed E-state index contributed by atoms with van der Waals surface area (Å²) in [5, 5.41) is 0. The second-order valence-electron chi connectivity index (χ2n) is 2.98. The number of unbranched alkanes of at least 4 members (excludes halogenated alkanes) is 1. The zero-order valence-corrected chi connectivity index (χ0v) is 9.16. The van der Waals surface area contributed by atoms with Crippen LogP contribution in [0.3, 0.4) is 0 Å². The van der Waals surface area contributed by atoms with Crippen LogP contribution in [0.1, 0.15) is 39.5 Å². The number of hydrogen-bond acceptors (Lipinski definition) is 1. The SMILES string of the molecule is CCCCC(CC)C[PH](=O)Cl. The van der Waals surface area contributed by atoms with Gasteiger partial charge in [-0.3, -0.25) is 0 Å². The van der Waals surface area contributed by atoms with E-state index in [-0.39, 0.29) is 0 Å². The van der Waals surface area contributed by atoms with Crippen LogP contribution in [0.4, 0.5) is 0 Å². The fraction of sp³-hybridized carbons (Fsp3) is 1.00. The molecule has 68 valence electrons. The molecule has 0 saturated carbocycles. The van der Waals surface area contributed by atoms with E-state index in [4.69, 9.17) is 11.2 Å². The zero-order chi connectivity index (χ0) is 8.69. The van der Waals surface area contributed by atoms with Crippen molar-refractivity contribution in [2.75, 3.05) is 6.16 Å². The third kappa shape index (κ3) is 6.90. The summed E-state index contributed by atoms with van der Waals surface area (Å²) in [6.45, 7) is 4.32. The molecule has 0 rings (SSSR count). The van der Waals surface area contributed by atoms with Crippen LogP contribution in [0.2, 0.25) is 0 Å². The molecule has 0 aromatic rings. The number of hydrogen-bond donors (Lipinski definition) is 0. The van der Waals surface area contributed by atoms with Gasteiger partial charge in [-0.25, -0.2) is 0 Å². The molecule has 0 aliphatic rings. The van der Waals surface area contributed by atoms with E-state index in [0.29, 0.717) is 5.92 Å². The summed E-state index contributed by atoms with van der Waals surface area (Å²) in [7, 11) is -1.75. The van der Waals surface area contributed by atoms with E-state index in [1.54, 1.807) is 0 Å². The van der Waals surface area contributed by atoms with Crippen LogP contribution < -0.4 is 0 Å². The molecule has 0 radical (unpaired) electrons. The first-order chi connectivity index (χ1) is 5.20. The molecule has 11 heavy (non-hydrogen) atoms. The second kappa shape index (κ2) is 7.18. The van der Waals surface area contributed by atoms with Gasteiger partial charge < -0.3 is 4.57 Å². The Morgan fingerprint density at radius 2 is 2.09 bits per heavy atom. The smallest absolute Gasteiger partial charge is 0.158 e. The molecular formula is C8H18ClOP. The van der Waals surface area contributed by atoms with Crippen LogP contribution in [-0.2, 0) is 4.57 Å². The Hall–Kier alpha value is 0.520. The van der Waals surface area contributed by atoms with Gasteiger partial charge in [-0.15, -0.1) is 0 Å². The van der Waals surface area contributed by atoms with Gasteiger partial charge in [-0.05, 0) is 12.3 Å². The summed E-state index contributed by atoms with van der Waals surface area (Å²) in [4.78, 5) is 0. The van der Waals surface area contributed by atoms with Gasteiger partial charge in [-0.1, -0.05) is 44.4 Å². The Morgan fingerprint density at radius 3 is 2.45 bits per heavy atom. The molecule has 0 aromatic heterocycles. The maximum atomic E-state index is 10.7. The lowest BCUT2D eigenvalue weighted by Crippen LogP contribution is -2.00. The van der Waals surface area contributed by atoms with Crippen LogP contribution >= 0.6 is 18.4 Å². The van der Waals surface area contributed by atoms with Crippen LogP contribution in [0.5, 0.6) is 0 Å². The molecule has 2 atom stereocenters. The molecular weight excluding hydrogens is 179 g/mol. The minimum absolute atomic E-state index is 0.596. The Bertz CT molecular complexity index is 117. The highest BCUT2D eigenvalue weighted by Gasteiger charge is 2.07. The van der Waals surface area contributed by atoms with E-state index in [1.807, 2.05) is 0 Å². The highest BCUT2D eigenvalue weighted by Crippen LogP contribution is 2.32. The highest BCUT2D eigenvalue weighted by atomic mass is 35.7. The van der Waals surface area contributed by atoms with E-state index in [9.17, 15) is 4.57 Å². The molecule has 0 heterocycles. The van der Waals surface area contributed by atoms with Crippen molar-refractivity contribution in [2.24, 2.45) is 5.92 Å². The van der Waals surface area contributed by atoms with Crippen molar-refractivity contribution in [3.63, 3.8) is 0 Å². The average molecular weight is 197 g/mol. The first-order valence-electron chi connectivity index (χ1n) is 4.39. The van der Waals surface area contributed by atoms with Gasteiger partial charge in [0.15, 0.2) is 7.15 Å². The monoisotopic (exact) mass is 196 g/mol. The Balaban J connectivity index is 3.49. The van der Waals surface area contributed by atoms with E-state index < -0.39 is 7.15 Å². The summed E-state index contributed by atoms with van der Waals surface area (Å²) < 4.78 is 10.7. The van der Waals surface area contributed by atoms with Crippen molar-refractivity contribution in [1.29, 1.82) is 0 Å². The van der Waals surface area contributed by atoms with Gasteiger partial charge in [0.05, 0.1) is 0 Å². The largest absolute Gasteiger partial charge is 0.310 e. The van der Waals surface area contributed by atoms with Gasteiger partial charge in [0.25, 0.3) is 0 Å². The molecule has 2 unspecified atom stereocenters. The van der Waals surface area contributed by atoms with Crippen LogP contribution in [0.25, 0.3) is 0 Å². The molecule has 0 aliphatic carbocycles. The summed E-state index contributed by atoms with van der Waals surface area (Å²) in [5.41, 5.74) is 0. The first kappa shape index (κ1) is 11.5. The van der Waals surface area contributed by atoms with Gasteiger partial charge in [0, 0.05) is 6.16 Å². The lowest BCUT2D eigenvalue weighted by Gasteiger charge is -2.10. The van der Waals surface area contributed by atoms with Crippen LogP contribution in [0.15, 0.2) is 0 Å². The van der Waals surface area contributed by atoms with Crippen molar-refractivity contribution in [3.05, 3.63) is 0 Å². The summed E-state index contributed by atoms with van der Waals surface area (Å²) >= 11 is 5.48. The molecule has 0 aliphatic heterocycles. The standard InChI is InChI=1S/C8H18ClOP/c1-3-5-6-8(4-2)7-11(9)10/h8,11H,3-7H2,1-2H3. The molecule has 0 saturated heterocycles. The molecule has 3 heteroatoms. The van der Waals surface area contributed by atoms with Crippen molar-refractivity contribution < 1.29 is 4.57 Å². The van der Waals surface area contributed by atoms with E-state index in [2.05, 4.69) is 13.8 Å². The van der Waals surface area contributed by atoms with Crippen molar-refractivity contribution in [3.8, 4) is 0 Å². The third-order valence-corrected chi connectivity index (χ3v) is 3.35. The Morgan fingerprint density at radius 1 is 1.45 bits per heavy atom. The molecule has 0 spiro atoms. The van der Waals surface area contributed by atoms with E-state index in [1.165, 1.54) is 19.3 Å². The van der Waals surface area contributed by atoms with E-state index in [0.717, 1.165) is 12.6 Å². The van der Waals surface area contributed by atoms with Crippen molar-refractivity contribution in [1.82, 2.24) is 0 Å². The third-order valence-electron chi connectivity index (χ3n) is 1.99. The fourth-order valence-electron chi connectivity index (χ4n) is 1.17. The summed E-state index contributed by atoms with van der Waals surface area (Å²) in [6, 6.07) is 0. The molecule has 0 bridgehead atoms. The fourth-order valence-corrected chi connectivity index (χ4v) is 2.77. The Kier molecular flexibility index (Phi) is 7.52. The maximum absolute atomic E-state index is 10.7. The first-order valence-corrected chi connectivity index (χ1v) is 7.01. The molecule has 1 nitrogen and oxygen atoms in total. The maximum Gasteiger partial charge on any atom is 0.158 e. The quantitative estimate of drug-likeness (QED) is 0.589. The van der Waals surface area contributed by atoms with Gasteiger partial charge in [0.2, 0.25) is 0 Å². The zero-order valence-electron chi connectivity index (χ0n) is 7.40. The molecule has 0 N–H and O–H groups in total. The predicted octanol–water partition coefficient (Wildman–Crippen LogP) is 3.92. The van der Waals surface area contributed by atoms with Gasteiger partial charge in [0.1, 0.15) is 0 Å². The second-order valence-corrected chi connectivity index (χ2v) is 5.36. The van der Waals surface area contributed by atoms with Crippen LogP contribution in [-0.4, -0.2) is 6.16 Å². The minimum atomic E-state index is -1.75. The summed E-state index contributed by atoms with van der Waals surface area (Å²) in [6.07, 6.45) is 5.51. The van der Waals surface area contributed by atoms with Crippen molar-refractivity contribution >= 4 is 18.4 Å². The lowest BCUT2D eigenvalue weighted by atomic mass is 10.0. The highest BCUT2D eigenvalue weighted by molar-refractivity contribution is 7.73. The predicted molar refractivity (Wildman–Crippen MR) is 53.0 cm³/mol. The minimum Gasteiger partial charge on any atom is -0.310 e. The van der Waals surface area contributed by atoms with Gasteiger partial charge in [-0.2, -0.15) is 0 Å². The molecule has 0 amide bonds. The Labute approximate surface area is 75.1 Å². The molecule has 0 aromatic carbocycles. The summed E-state index contributed by atoms with van der Waals surface area (Å²) in [5.74, 6) is 0.596. The van der Waals surface area contributed by atoms with E-state index >= 15 is 0 Å². The lowest BCUT2D eigenvalue weighted by molar-refractivity contribution is 0.490. The van der Waals surface area contributed by atoms with Crippen LogP contribution in [0, 0.1) is 5.92 Å².